The Balaban J connectivity index is -0.0000000300. The van der Waals surface area contributed by atoms with Crippen LogP contribution in [0.25, 0.3) is 0 Å². The first-order chi connectivity index (χ1) is 3.46. The van der Waals surface area contributed by atoms with E-state index in [0.29, 0.717) is 0 Å². The third kappa shape index (κ3) is 114. The zero-order valence-electron chi connectivity index (χ0n) is 4.86. The van der Waals surface area contributed by atoms with Crippen LogP contribution < -0.4 is 14.8 Å². The van der Waals surface area contributed by atoms with Gasteiger partial charge in [0.15, 0.2) is 0 Å². The molecule has 0 heterocycles. The SMILES string of the molecule is [Ba+2].[Mg+2].[O]=[Ti]([O-])[O-].[O]=[Ti]([O-])[O-]. The molecule has 0 aliphatic rings. The van der Waals surface area contributed by atoms with E-state index in [-0.39, 0.29) is 71.9 Å². The van der Waals surface area contributed by atoms with Crippen molar-refractivity contribution in [1.82, 2.24) is 0 Å². The molecule has 10 heavy (non-hydrogen) atoms. The molecule has 0 aliphatic heterocycles. The van der Waals surface area contributed by atoms with Gasteiger partial charge in [-0.3, -0.25) is 0 Å². The predicted molar refractivity (Wildman–Crippen MR) is 12.9 cm³/mol. The van der Waals surface area contributed by atoms with Gasteiger partial charge >= 0.3 is 131 Å². The first-order valence-corrected chi connectivity index (χ1v) is 5.05. The second-order valence-electron chi connectivity index (χ2n) is 0.500. The fourth-order valence-corrected chi connectivity index (χ4v) is 0. The molecule has 0 atom stereocenters. The molecule has 0 aromatic carbocycles. The monoisotopic (exact) mass is 354 g/mol. The van der Waals surface area contributed by atoms with Gasteiger partial charge in [-0.2, -0.15) is 0 Å². The van der Waals surface area contributed by atoms with Crippen molar-refractivity contribution in [1.29, 1.82) is 0 Å². The second kappa shape index (κ2) is 18.1. The van der Waals surface area contributed by atoms with Crippen LogP contribution in [0.3, 0.4) is 0 Å². The molecule has 6 nitrogen and oxygen atoms in total. The Morgan fingerprint density at radius 2 is 0.800 bits per heavy atom. The molecule has 0 aliphatic carbocycles. The van der Waals surface area contributed by atoms with E-state index in [1.807, 2.05) is 0 Å². The molecule has 0 saturated heterocycles. The molecule has 0 radical (unpaired) electrons. The first kappa shape index (κ1) is 23.2. The Hall–Kier alpha value is 3.21. The van der Waals surface area contributed by atoms with E-state index < -0.39 is 37.2 Å². The fraction of sp³-hybridized carbons (Fsp3) is 0. The van der Waals surface area contributed by atoms with Gasteiger partial charge in [-0.05, 0) is 0 Å². The molecule has 0 unspecified atom stereocenters. The summed E-state index contributed by atoms with van der Waals surface area (Å²) in [4.78, 5) is 0. The van der Waals surface area contributed by atoms with E-state index in [1.165, 1.54) is 0 Å². The van der Waals surface area contributed by atoms with Gasteiger partial charge in [0.2, 0.25) is 0 Å². The van der Waals surface area contributed by atoms with Crippen LogP contribution in [0.4, 0.5) is 0 Å². The standard InChI is InChI=1S/Ba.Mg.6O.2Ti/q2*+2;;;4*-1;;. The molecule has 0 saturated carbocycles. The van der Waals surface area contributed by atoms with Crippen LogP contribution in [0.2, 0.25) is 0 Å². The molecular formula is BaMgO6Ti2. The van der Waals surface area contributed by atoms with Crippen LogP contribution in [-0.4, -0.2) is 71.9 Å². The molecule has 0 aromatic heterocycles. The van der Waals surface area contributed by atoms with E-state index in [9.17, 15) is 0 Å². The summed E-state index contributed by atoms with van der Waals surface area (Å²) in [5.74, 6) is 0. The van der Waals surface area contributed by atoms with Gasteiger partial charge in [0.1, 0.15) is 0 Å². The van der Waals surface area contributed by atoms with Crippen molar-refractivity contribution in [3.05, 3.63) is 0 Å². The average Bonchev–Trinajstić information content (AvgIpc) is 1.25. The summed E-state index contributed by atoms with van der Waals surface area (Å²) in [6.45, 7) is 0. The Morgan fingerprint density at radius 3 is 0.800 bits per heavy atom. The number of rotatable bonds is 0. The van der Waals surface area contributed by atoms with Crippen LogP contribution in [-0.2, 0) is 43.9 Å². The Kier molecular flexibility index (Phi) is 42.0. The second-order valence-corrected chi connectivity index (χ2v) is 2.06. The third-order valence-corrected chi connectivity index (χ3v) is 0. The van der Waals surface area contributed by atoms with Crippen molar-refractivity contribution in [2.45, 2.75) is 0 Å². The molecule has 0 rings (SSSR count). The van der Waals surface area contributed by atoms with Crippen molar-refractivity contribution in [3.8, 4) is 0 Å². The normalized spacial score (nSPS) is 5.20. The van der Waals surface area contributed by atoms with Crippen molar-refractivity contribution >= 4 is 71.9 Å². The number of hydrogen-bond donors (Lipinski definition) is 0. The number of hydrogen-bond acceptors (Lipinski definition) is 6. The van der Waals surface area contributed by atoms with Crippen LogP contribution in [0.1, 0.15) is 0 Å². The van der Waals surface area contributed by atoms with Crippen LogP contribution in [0, 0.1) is 0 Å². The summed E-state index contributed by atoms with van der Waals surface area (Å²) in [6.07, 6.45) is 0. The van der Waals surface area contributed by atoms with Crippen molar-refractivity contribution < 1.29 is 58.6 Å². The first-order valence-electron chi connectivity index (χ1n) is 1.22. The zero-order valence-corrected chi connectivity index (χ0v) is 13.8. The molecule has 0 N–H and O–H groups in total. The van der Waals surface area contributed by atoms with Gasteiger partial charge in [0, 0.05) is 0 Å². The van der Waals surface area contributed by atoms with Crippen LogP contribution in [0.5, 0.6) is 0 Å². The predicted octanol–water partition coefficient (Wildman–Crippen LogP) is -5.76. The average molecular weight is 353 g/mol. The van der Waals surface area contributed by atoms with Gasteiger partial charge in [-0.1, -0.05) is 0 Å². The summed E-state index contributed by atoms with van der Waals surface area (Å²) in [5, 5.41) is 0. The van der Waals surface area contributed by atoms with Gasteiger partial charge in [0.25, 0.3) is 0 Å². The van der Waals surface area contributed by atoms with Gasteiger partial charge in [-0.15, -0.1) is 0 Å². The zero-order chi connectivity index (χ0) is 7.15. The third-order valence-electron chi connectivity index (χ3n) is 0. The van der Waals surface area contributed by atoms with Gasteiger partial charge in [-0.25, -0.2) is 0 Å². The Bertz CT molecular complexity index is 73.7. The molecule has 0 fully saturated rings. The van der Waals surface area contributed by atoms with Gasteiger partial charge in [0.05, 0.1) is 0 Å². The van der Waals surface area contributed by atoms with E-state index in [4.69, 9.17) is 21.4 Å². The molecule has 0 aromatic rings. The van der Waals surface area contributed by atoms with Crippen molar-refractivity contribution in [3.63, 3.8) is 0 Å². The van der Waals surface area contributed by atoms with Crippen LogP contribution >= 0.6 is 0 Å². The Labute approximate surface area is 127 Å². The molecule has 0 amide bonds. The summed E-state index contributed by atoms with van der Waals surface area (Å²) >= 11 is -8.17. The minimum atomic E-state index is -4.08. The minimum absolute atomic E-state index is 0. The molecular weight excluding hydrogens is 353 g/mol. The van der Waals surface area contributed by atoms with Crippen molar-refractivity contribution in [2.24, 2.45) is 0 Å². The maximum atomic E-state index is 8.58. The van der Waals surface area contributed by atoms with Crippen LogP contribution in [0.15, 0.2) is 0 Å². The molecule has 10 heteroatoms. The van der Waals surface area contributed by atoms with E-state index in [1.54, 1.807) is 0 Å². The molecule has 0 spiro atoms. The molecule has 48 valence electrons. The van der Waals surface area contributed by atoms with Gasteiger partial charge < -0.3 is 0 Å². The summed E-state index contributed by atoms with van der Waals surface area (Å²) in [7, 11) is 0. The van der Waals surface area contributed by atoms with Crippen molar-refractivity contribution in [2.75, 3.05) is 0 Å². The quantitative estimate of drug-likeness (QED) is 0.399. The summed E-state index contributed by atoms with van der Waals surface area (Å²) in [5.41, 5.74) is 0. The van der Waals surface area contributed by atoms with E-state index >= 15 is 0 Å². The van der Waals surface area contributed by atoms with E-state index in [0.717, 1.165) is 0 Å². The summed E-state index contributed by atoms with van der Waals surface area (Å²) in [6, 6.07) is 0. The maximum absolute atomic E-state index is 8.58. The molecule has 0 bridgehead atoms. The van der Waals surface area contributed by atoms with E-state index in [2.05, 4.69) is 0 Å². The topological polar surface area (TPSA) is 126 Å². The fourth-order valence-electron chi connectivity index (χ4n) is 0. The Morgan fingerprint density at radius 1 is 0.800 bits per heavy atom. The summed E-state index contributed by atoms with van der Waals surface area (Å²) < 4.78 is 51.5.